The number of nitrogens with zero attached hydrogens (tertiary/aromatic N) is 4. The van der Waals surface area contributed by atoms with Crippen LogP contribution >= 0.6 is 11.6 Å². The van der Waals surface area contributed by atoms with Gasteiger partial charge >= 0.3 is 12.1 Å². The Kier molecular flexibility index (Phi) is 5.64. The first-order chi connectivity index (χ1) is 10.8. The number of carbonyl (C=O) groups is 1. The van der Waals surface area contributed by atoms with Gasteiger partial charge in [0.15, 0.2) is 5.69 Å². The summed E-state index contributed by atoms with van der Waals surface area (Å²) in [4.78, 5) is 22.0. The summed E-state index contributed by atoms with van der Waals surface area (Å²) in [5.74, 6) is -0.182. The number of rotatable bonds is 4. The molecule has 0 bridgehead atoms. The standard InChI is InChI=1S/C13H16ClF3N4O2/c1-2-23-11(22)8-20-3-5-21(6-4-20)10-7-9(13(15,16)17)18-12(14)19-10/h7H,2-6,8H2,1H3. The summed E-state index contributed by atoms with van der Waals surface area (Å²) in [6.45, 7) is 4.11. The van der Waals surface area contributed by atoms with Crippen molar-refractivity contribution in [2.24, 2.45) is 0 Å². The van der Waals surface area contributed by atoms with E-state index in [1.165, 1.54) is 0 Å². The molecule has 128 valence electrons. The molecular weight excluding hydrogens is 337 g/mol. The molecule has 0 saturated carbocycles. The van der Waals surface area contributed by atoms with Gasteiger partial charge in [0.2, 0.25) is 5.28 Å². The summed E-state index contributed by atoms with van der Waals surface area (Å²) in [6, 6.07) is 0.882. The summed E-state index contributed by atoms with van der Waals surface area (Å²) in [7, 11) is 0. The zero-order valence-corrected chi connectivity index (χ0v) is 13.2. The number of hydrogen-bond donors (Lipinski definition) is 0. The van der Waals surface area contributed by atoms with E-state index in [0.717, 1.165) is 6.07 Å². The molecule has 0 amide bonds. The number of esters is 1. The van der Waals surface area contributed by atoms with Gasteiger partial charge in [0.25, 0.3) is 0 Å². The lowest BCUT2D eigenvalue weighted by Gasteiger charge is -2.34. The molecule has 1 aliphatic heterocycles. The number of aromatic nitrogens is 2. The predicted octanol–water partition coefficient (Wildman–Crippen LogP) is 1.83. The van der Waals surface area contributed by atoms with Crippen molar-refractivity contribution in [2.45, 2.75) is 13.1 Å². The molecule has 0 spiro atoms. The van der Waals surface area contributed by atoms with Crippen LogP contribution in [0.4, 0.5) is 19.0 Å². The number of anilines is 1. The lowest BCUT2D eigenvalue weighted by Crippen LogP contribution is -2.48. The molecule has 1 aliphatic rings. The van der Waals surface area contributed by atoms with Gasteiger partial charge in [-0.25, -0.2) is 9.97 Å². The van der Waals surface area contributed by atoms with Crippen LogP contribution < -0.4 is 4.90 Å². The van der Waals surface area contributed by atoms with E-state index < -0.39 is 17.2 Å². The van der Waals surface area contributed by atoms with Crippen LogP contribution in [0.1, 0.15) is 12.6 Å². The van der Waals surface area contributed by atoms with Crippen molar-refractivity contribution in [3.05, 3.63) is 17.0 Å². The molecule has 0 radical (unpaired) electrons. The molecule has 0 atom stereocenters. The van der Waals surface area contributed by atoms with Crippen LogP contribution in [0.3, 0.4) is 0 Å². The van der Waals surface area contributed by atoms with Crippen molar-refractivity contribution in [3.63, 3.8) is 0 Å². The van der Waals surface area contributed by atoms with Crippen molar-refractivity contribution in [1.82, 2.24) is 14.9 Å². The first-order valence-electron chi connectivity index (χ1n) is 7.04. The average molecular weight is 353 g/mol. The van der Waals surface area contributed by atoms with Crippen molar-refractivity contribution in [3.8, 4) is 0 Å². The van der Waals surface area contributed by atoms with Crippen LogP contribution in [0.2, 0.25) is 5.28 Å². The fourth-order valence-electron chi connectivity index (χ4n) is 2.24. The Morgan fingerprint density at radius 1 is 1.30 bits per heavy atom. The molecule has 10 heteroatoms. The van der Waals surface area contributed by atoms with E-state index in [1.54, 1.807) is 11.8 Å². The molecule has 0 aliphatic carbocycles. The number of hydrogen-bond acceptors (Lipinski definition) is 6. The van der Waals surface area contributed by atoms with E-state index in [4.69, 9.17) is 16.3 Å². The van der Waals surface area contributed by atoms with Gasteiger partial charge in [-0.1, -0.05) is 0 Å². The maximum Gasteiger partial charge on any atom is 0.433 e. The average Bonchev–Trinajstić information content (AvgIpc) is 2.46. The maximum atomic E-state index is 12.8. The third-order valence-corrected chi connectivity index (χ3v) is 3.50. The summed E-state index contributed by atoms with van der Waals surface area (Å²) < 4.78 is 43.2. The van der Waals surface area contributed by atoms with Crippen LogP contribution in [0.15, 0.2) is 6.07 Å². The second kappa shape index (κ2) is 7.31. The minimum atomic E-state index is -4.58. The fraction of sp³-hybridized carbons (Fsp3) is 0.615. The largest absolute Gasteiger partial charge is 0.465 e. The molecule has 1 fully saturated rings. The highest BCUT2D eigenvalue weighted by Gasteiger charge is 2.34. The topological polar surface area (TPSA) is 58.6 Å². The van der Waals surface area contributed by atoms with Crippen molar-refractivity contribution >= 4 is 23.4 Å². The van der Waals surface area contributed by atoms with Gasteiger partial charge in [-0.2, -0.15) is 13.2 Å². The molecular formula is C13H16ClF3N4O2. The van der Waals surface area contributed by atoms with E-state index >= 15 is 0 Å². The van der Waals surface area contributed by atoms with Gasteiger partial charge in [0.05, 0.1) is 13.2 Å². The highest BCUT2D eigenvalue weighted by Crippen LogP contribution is 2.30. The zero-order valence-electron chi connectivity index (χ0n) is 12.4. The molecule has 1 aromatic heterocycles. The van der Waals surface area contributed by atoms with Gasteiger partial charge in [-0.05, 0) is 18.5 Å². The summed E-state index contributed by atoms with van der Waals surface area (Å²) in [5.41, 5.74) is -1.07. The molecule has 2 rings (SSSR count). The molecule has 0 N–H and O–H groups in total. The molecule has 0 aromatic carbocycles. The summed E-state index contributed by atoms with van der Waals surface area (Å²) in [6.07, 6.45) is -4.58. The molecule has 6 nitrogen and oxygen atoms in total. The van der Waals surface area contributed by atoms with Gasteiger partial charge in [0.1, 0.15) is 5.82 Å². The van der Waals surface area contributed by atoms with Crippen LogP contribution in [0, 0.1) is 0 Å². The Bertz CT molecular complexity index is 563. The van der Waals surface area contributed by atoms with Crippen LogP contribution in [-0.4, -0.2) is 60.2 Å². The monoisotopic (exact) mass is 352 g/mol. The highest BCUT2D eigenvalue weighted by atomic mass is 35.5. The number of alkyl halides is 3. The van der Waals surface area contributed by atoms with Crippen molar-refractivity contribution in [2.75, 3.05) is 44.2 Å². The van der Waals surface area contributed by atoms with E-state index in [-0.39, 0.29) is 18.3 Å². The molecule has 0 unspecified atom stereocenters. The fourth-order valence-corrected chi connectivity index (χ4v) is 2.41. The second-order valence-electron chi connectivity index (χ2n) is 4.95. The number of carbonyl (C=O) groups excluding carboxylic acids is 1. The summed E-state index contributed by atoms with van der Waals surface area (Å²) in [5, 5.41) is -0.441. The molecule has 2 heterocycles. The first-order valence-corrected chi connectivity index (χ1v) is 7.42. The Labute approximate surface area is 136 Å². The Hall–Kier alpha value is -1.61. The second-order valence-corrected chi connectivity index (χ2v) is 5.28. The maximum absolute atomic E-state index is 12.8. The summed E-state index contributed by atoms with van der Waals surface area (Å²) >= 11 is 5.59. The van der Waals surface area contributed by atoms with E-state index in [9.17, 15) is 18.0 Å². The van der Waals surface area contributed by atoms with Gasteiger partial charge in [-0.15, -0.1) is 0 Å². The van der Waals surface area contributed by atoms with Crippen LogP contribution in [0.5, 0.6) is 0 Å². The zero-order chi connectivity index (χ0) is 17.0. The SMILES string of the molecule is CCOC(=O)CN1CCN(c2cc(C(F)(F)F)nc(Cl)n2)CC1. The number of ether oxygens (including phenoxy) is 1. The molecule has 1 saturated heterocycles. The lowest BCUT2D eigenvalue weighted by atomic mass is 10.3. The van der Waals surface area contributed by atoms with E-state index in [0.29, 0.717) is 32.8 Å². The smallest absolute Gasteiger partial charge is 0.433 e. The normalized spacial score (nSPS) is 16.5. The van der Waals surface area contributed by atoms with Crippen LogP contribution in [0.25, 0.3) is 0 Å². The number of piperazine rings is 1. The Balaban J connectivity index is 2.00. The number of halogens is 4. The predicted molar refractivity (Wildman–Crippen MR) is 77.3 cm³/mol. The first kappa shape index (κ1) is 17.7. The van der Waals surface area contributed by atoms with E-state index in [2.05, 4.69) is 9.97 Å². The van der Waals surface area contributed by atoms with Crippen LogP contribution in [-0.2, 0) is 15.7 Å². The Morgan fingerprint density at radius 2 is 1.96 bits per heavy atom. The van der Waals surface area contributed by atoms with Gasteiger partial charge in [0, 0.05) is 32.2 Å². The van der Waals surface area contributed by atoms with Crippen molar-refractivity contribution in [1.29, 1.82) is 0 Å². The molecule has 23 heavy (non-hydrogen) atoms. The third kappa shape index (κ3) is 4.93. The minimum Gasteiger partial charge on any atom is -0.465 e. The van der Waals surface area contributed by atoms with Crippen molar-refractivity contribution < 1.29 is 22.7 Å². The third-order valence-electron chi connectivity index (χ3n) is 3.33. The van der Waals surface area contributed by atoms with E-state index in [1.807, 2.05) is 4.90 Å². The quantitative estimate of drug-likeness (QED) is 0.608. The Morgan fingerprint density at radius 3 is 2.52 bits per heavy atom. The lowest BCUT2D eigenvalue weighted by molar-refractivity contribution is -0.144. The minimum absolute atomic E-state index is 0.133. The van der Waals surface area contributed by atoms with Gasteiger partial charge < -0.3 is 9.64 Å². The van der Waals surface area contributed by atoms with Gasteiger partial charge in [-0.3, -0.25) is 9.69 Å². The highest BCUT2D eigenvalue weighted by molar-refractivity contribution is 6.28. The molecule has 1 aromatic rings.